The molecule has 0 aromatic heterocycles. The van der Waals surface area contributed by atoms with Gasteiger partial charge in [-0.15, -0.1) is 0 Å². The second kappa shape index (κ2) is 3.83. The molecule has 0 aromatic carbocycles. The first kappa shape index (κ1) is 10.8. The molecule has 1 N–H and O–H groups in total. The fraction of sp³-hybridized carbons (Fsp3) is 0.833. The predicted molar refractivity (Wildman–Crippen MR) is 56.6 cm³/mol. The third-order valence-electron chi connectivity index (χ3n) is 3.55. The third kappa shape index (κ3) is 2.34. The summed E-state index contributed by atoms with van der Waals surface area (Å²) < 4.78 is 0. The summed E-state index contributed by atoms with van der Waals surface area (Å²) in [6.07, 6.45) is 4.09. The van der Waals surface area contributed by atoms with Crippen LogP contribution in [0.3, 0.4) is 0 Å². The average molecular weight is 182 g/mol. The highest BCUT2D eigenvalue weighted by Crippen LogP contribution is 2.43. The van der Waals surface area contributed by atoms with Crippen molar-refractivity contribution in [1.29, 1.82) is 0 Å². The van der Waals surface area contributed by atoms with Crippen LogP contribution in [0, 0.1) is 5.41 Å². The molecule has 0 saturated carbocycles. The van der Waals surface area contributed by atoms with E-state index in [9.17, 15) is 5.11 Å². The minimum Gasteiger partial charge on any atom is -0.393 e. The van der Waals surface area contributed by atoms with Crippen molar-refractivity contribution in [3.05, 3.63) is 11.1 Å². The monoisotopic (exact) mass is 182 g/mol. The molecule has 1 atom stereocenters. The molecule has 0 heterocycles. The zero-order valence-electron chi connectivity index (χ0n) is 9.35. The van der Waals surface area contributed by atoms with Crippen LogP contribution in [-0.4, -0.2) is 11.2 Å². The molecule has 0 fully saturated rings. The van der Waals surface area contributed by atoms with Crippen molar-refractivity contribution in [2.24, 2.45) is 5.41 Å². The number of aliphatic hydroxyl groups is 1. The van der Waals surface area contributed by atoms with Crippen LogP contribution in [0.25, 0.3) is 0 Å². The van der Waals surface area contributed by atoms with Gasteiger partial charge in [0.2, 0.25) is 0 Å². The van der Waals surface area contributed by atoms with Crippen molar-refractivity contribution < 1.29 is 5.11 Å². The van der Waals surface area contributed by atoms with Crippen LogP contribution in [0.5, 0.6) is 0 Å². The van der Waals surface area contributed by atoms with Crippen LogP contribution in [-0.2, 0) is 0 Å². The number of allylic oxidation sites excluding steroid dienone is 1. The zero-order chi connectivity index (χ0) is 10.1. The lowest BCUT2D eigenvalue weighted by molar-refractivity contribution is 0.170. The third-order valence-corrected chi connectivity index (χ3v) is 3.55. The Hall–Kier alpha value is -0.300. The highest BCUT2D eigenvalue weighted by atomic mass is 16.3. The van der Waals surface area contributed by atoms with E-state index in [2.05, 4.69) is 20.8 Å². The summed E-state index contributed by atoms with van der Waals surface area (Å²) in [5, 5.41) is 9.57. The predicted octanol–water partition coefficient (Wildman–Crippen LogP) is 3.28. The summed E-state index contributed by atoms with van der Waals surface area (Å²) in [5.41, 5.74) is 3.39. The molecule has 0 radical (unpaired) electrons. The highest BCUT2D eigenvalue weighted by molar-refractivity contribution is 5.25. The van der Waals surface area contributed by atoms with Gasteiger partial charge in [0, 0.05) is 0 Å². The lowest BCUT2D eigenvalue weighted by Gasteiger charge is -2.19. The Kier molecular flexibility index (Phi) is 3.18. The van der Waals surface area contributed by atoms with Crippen LogP contribution in [0.15, 0.2) is 11.1 Å². The summed E-state index contributed by atoms with van der Waals surface area (Å²) >= 11 is 0. The van der Waals surface area contributed by atoms with Crippen molar-refractivity contribution in [3.63, 3.8) is 0 Å². The molecule has 0 spiro atoms. The van der Waals surface area contributed by atoms with E-state index in [0.29, 0.717) is 5.41 Å². The minimum absolute atomic E-state index is 0.126. The van der Waals surface area contributed by atoms with Crippen LogP contribution in [0.4, 0.5) is 0 Å². The maximum atomic E-state index is 9.57. The lowest BCUT2D eigenvalue weighted by Crippen LogP contribution is -2.08. The van der Waals surface area contributed by atoms with Crippen molar-refractivity contribution in [1.82, 2.24) is 0 Å². The summed E-state index contributed by atoms with van der Waals surface area (Å²) in [5.74, 6) is 0. The van der Waals surface area contributed by atoms with Gasteiger partial charge < -0.3 is 5.11 Å². The molecule has 0 aromatic rings. The van der Waals surface area contributed by atoms with E-state index in [4.69, 9.17) is 0 Å². The van der Waals surface area contributed by atoms with Gasteiger partial charge in [0.05, 0.1) is 6.10 Å². The Morgan fingerprint density at radius 1 is 1.46 bits per heavy atom. The quantitative estimate of drug-likeness (QED) is 0.664. The molecule has 1 nitrogen and oxygen atoms in total. The van der Waals surface area contributed by atoms with Gasteiger partial charge in [0.15, 0.2) is 0 Å². The Balaban J connectivity index is 2.66. The first-order chi connectivity index (χ1) is 5.97. The molecule has 1 aliphatic rings. The maximum Gasteiger partial charge on any atom is 0.0574 e. The second-order valence-electron chi connectivity index (χ2n) is 4.88. The molecule has 1 unspecified atom stereocenters. The van der Waals surface area contributed by atoms with Gasteiger partial charge in [0.25, 0.3) is 0 Å². The van der Waals surface area contributed by atoms with Gasteiger partial charge in [-0.2, -0.15) is 0 Å². The van der Waals surface area contributed by atoms with Gasteiger partial charge in [0.1, 0.15) is 0 Å². The van der Waals surface area contributed by atoms with Crippen LogP contribution in [0.2, 0.25) is 0 Å². The molecular weight excluding hydrogens is 160 g/mol. The average Bonchev–Trinajstić information content (AvgIpc) is 2.32. The van der Waals surface area contributed by atoms with E-state index in [-0.39, 0.29) is 6.10 Å². The normalized spacial score (nSPS) is 23.8. The van der Waals surface area contributed by atoms with Gasteiger partial charge in [-0.3, -0.25) is 0 Å². The van der Waals surface area contributed by atoms with Crippen molar-refractivity contribution in [3.8, 4) is 0 Å². The lowest BCUT2D eigenvalue weighted by atomic mass is 9.86. The molecule has 0 saturated heterocycles. The summed E-state index contributed by atoms with van der Waals surface area (Å²) in [7, 11) is 0. The molecule has 0 aliphatic heterocycles. The number of aliphatic hydroxyl groups excluding tert-OH is 1. The largest absolute Gasteiger partial charge is 0.393 e. The zero-order valence-corrected chi connectivity index (χ0v) is 9.35. The fourth-order valence-electron chi connectivity index (χ4n) is 2.00. The first-order valence-corrected chi connectivity index (χ1v) is 5.34. The topological polar surface area (TPSA) is 20.2 Å². The number of hydrogen-bond acceptors (Lipinski definition) is 1. The summed E-state index contributed by atoms with van der Waals surface area (Å²) in [6, 6.07) is 0. The number of hydrogen-bond donors (Lipinski definition) is 1. The molecule has 1 aliphatic carbocycles. The molecule has 0 amide bonds. The van der Waals surface area contributed by atoms with Gasteiger partial charge >= 0.3 is 0 Å². The van der Waals surface area contributed by atoms with Crippen molar-refractivity contribution in [2.75, 3.05) is 0 Å². The molecule has 1 rings (SSSR count). The van der Waals surface area contributed by atoms with Crippen LogP contribution < -0.4 is 0 Å². The van der Waals surface area contributed by atoms with Crippen molar-refractivity contribution >= 4 is 0 Å². The SMILES string of the molecule is CCC(O)CC1=C(C)C(C)(C)CC1. The number of rotatable bonds is 3. The summed E-state index contributed by atoms with van der Waals surface area (Å²) in [4.78, 5) is 0. The molecular formula is C12H22O. The molecule has 13 heavy (non-hydrogen) atoms. The Morgan fingerprint density at radius 3 is 2.46 bits per heavy atom. The second-order valence-corrected chi connectivity index (χ2v) is 4.88. The van der Waals surface area contributed by atoms with E-state index in [1.54, 1.807) is 0 Å². The van der Waals surface area contributed by atoms with Gasteiger partial charge in [-0.25, -0.2) is 0 Å². The minimum atomic E-state index is -0.126. The van der Waals surface area contributed by atoms with Crippen molar-refractivity contribution in [2.45, 2.75) is 59.5 Å². The van der Waals surface area contributed by atoms with E-state index < -0.39 is 0 Å². The smallest absolute Gasteiger partial charge is 0.0574 e. The Labute approximate surface area is 81.9 Å². The van der Waals surface area contributed by atoms with Crippen LogP contribution in [0.1, 0.15) is 53.4 Å². The molecule has 0 bridgehead atoms. The van der Waals surface area contributed by atoms with E-state index in [0.717, 1.165) is 12.8 Å². The van der Waals surface area contributed by atoms with E-state index in [1.165, 1.54) is 24.0 Å². The Morgan fingerprint density at radius 2 is 2.08 bits per heavy atom. The maximum absolute atomic E-state index is 9.57. The van der Waals surface area contributed by atoms with E-state index >= 15 is 0 Å². The summed E-state index contributed by atoms with van der Waals surface area (Å²) in [6.45, 7) is 8.87. The molecule has 76 valence electrons. The molecule has 1 heteroatoms. The van der Waals surface area contributed by atoms with Gasteiger partial charge in [-0.1, -0.05) is 31.9 Å². The highest BCUT2D eigenvalue weighted by Gasteiger charge is 2.29. The van der Waals surface area contributed by atoms with Gasteiger partial charge in [-0.05, 0) is 38.0 Å². The standard InChI is InChI=1S/C12H22O/c1-5-11(13)8-10-6-7-12(3,4)9(10)2/h11,13H,5-8H2,1-4H3. The Bertz CT molecular complexity index is 213. The fourth-order valence-corrected chi connectivity index (χ4v) is 2.00. The van der Waals surface area contributed by atoms with E-state index in [1.807, 2.05) is 6.92 Å². The first-order valence-electron chi connectivity index (χ1n) is 5.34. The van der Waals surface area contributed by atoms with Crippen LogP contribution >= 0.6 is 0 Å².